The molecule has 1 saturated heterocycles. The lowest BCUT2D eigenvalue weighted by atomic mass is 9.93. The molecule has 0 aromatic carbocycles. The first-order valence-corrected chi connectivity index (χ1v) is 7.41. The van der Waals surface area contributed by atoms with Crippen LogP contribution < -0.4 is 0 Å². The van der Waals surface area contributed by atoms with Crippen molar-refractivity contribution < 1.29 is 5.11 Å². The summed E-state index contributed by atoms with van der Waals surface area (Å²) in [6.07, 6.45) is 5.35. The SMILES string of the molecule is CC(C)N1CCCC(Cc2nnc3c(O)cccn23)C1. The third-order valence-electron chi connectivity index (χ3n) is 4.24. The Bertz CT molecular complexity index is 593. The van der Waals surface area contributed by atoms with Crippen LogP contribution in [0.25, 0.3) is 5.65 Å². The molecule has 108 valence electrons. The van der Waals surface area contributed by atoms with E-state index in [0.717, 1.165) is 18.8 Å². The zero-order valence-corrected chi connectivity index (χ0v) is 12.2. The smallest absolute Gasteiger partial charge is 0.203 e. The summed E-state index contributed by atoms with van der Waals surface area (Å²) < 4.78 is 1.91. The van der Waals surface area contributed by atoms with Gasteiger partial charge < -0.3 is 10.0 Å². The van der Waals surface area contributed by atoms with Crippen LogP contribution in [0.5, 0.6) is 5.75 Å². The Balaban J connectivity index is 1.78. The number of piperidine rings is 1. The van der Waals surface area contributed by atoms with Gasteiger partial charge in [-0.1, -0.05) is 0 Å². The number of pyridine rings is 1. The molecule has 2 aromatic rings. The van der Waals surface area contributed by atoms with E-state index in [9.17, 15) is 5.11 Å². The lowest BCUT2D eigenvalue weighted by Gasteiger charge is -2.35. The summed E-state index contributed by atoms with van der Waals surface area (Å²) in [4.78, 5) is 2.54. The minimum Gasteiger partial charge on any atom is -0.504 e. The molecule has 3 rings (SSSR count). The summed E-state index contributed by atoms with van der Waals surface area (Å²) in [5.41, 5.74) is 0.555. The number of aromatic hydroxyl groups is 1. The van der Waals surface area contributed by atoms with Gasteiger partial charge in [-0.05, 0) is 51.3 Å². The van der Waals surface area contributed by atoms with Crippen LogP contribution >= 0.6 is 0 Å². The molecule has 1 unspecified atom stereocenters. The van der Waals surface area contributed by atoms with Crippen LogP contribution in [0.1, 0.15) is 32.5 Å². The first-order valence-electron chi connectivity index (χ1n) is 7.41. The highest BCUT2D eigenvalue weighted by Gasteiger charge is 2.23. The van der Waals surface area contributed by atoms with Crippen LogP contribution in [0.15, 0.2) is 18.3 Å². The molecule has 3 heterocycles. The lowest BCUT2D eigenvalue weighted by Crippen LogP contribution is -2.40. The van der Waals surface area contributed by atoms with Crippen LogP contribution in [0.4, 0.5) is 0 Å². The van der Waals surface area contributed by atoms with Crippen LogP contribution in [0, 0.1) is 5.92 Å². The molecule has 0 saturated carbocycles. The molecular weight excluding hydrogens is 252 g/mol. The molecular formula is C15H22N4O. The molecule has 1 N–H and O–H groups in total. The normalized spacial score (nSPS) is 20.9. The van der Waals surface area contributed by atoms with E-state index in [1.807, 2.05) is 16.7 Å². The van der Waals surface area contributed by atoms with E-state index in [4.69, 9.17) is 0 Å². The van der Waals surface area contributed by atoms with Gasteiger partial charge >= 0.3 is 0 Å². The summed E-state index contributed by atoms with van der Waals surface area (Å²) in [5.74, 6) is 1.77. The molecule has 0 aliphatic carbocycles. The summed E-state index contributed by atoms with van der Waals surface area (Å²) in [6, 6.07) is 4.09. The quantitative estimate of drug-likeness (QED) is 0.931. The van der Waals surface area contributed by atoms with Gasteiger partial charge in [0.25, 0.3) is 0 Å². The van der Waals surface area contributed by atoms with Crippen molar-refractivity contribution in [2.75, 3.05) is 13.1 Å². The summed E-state index contributed by atoms with van der Waals surface area (Å²) in [7, 11) is 0. The maximum absolute atomic E-state index is 9.77. The Hall–Kier alpha value is -1.62. The van der Waals surface area contributed by atoms with Gasteiger partial charge in [0, 0.05) is 25.2 Å². The molecule has 1 aliphatic rings. The Morgan fingerprint density at radius 2 is 2.25 bits per heavy atom. The number of rotatable bonds is 3. The van der Waals surface area contributed by atoms with Crippen molar-refractivity contribution in [1.82, 2.24) is 19.5 Å². The third-order valence-corrected chi connectivity index (χ3v) is 4.24. The first kappa shape index (κ1) is 13.4. The van der Waals surface area contributed by atoms with Crippen LogP contribution in [0.2, 0.25) is 0 Å². The molecule has 1 atom stereocenters. The molecule has 5 heteroatoms. The van der Waals surface area contributed by atoms with Crippen LogP contribution in [-0.4, -0.2) is 43.7 Å². The fraction of sp³-hybridized carbons (Fsp3) is 0.600. The third kappa shape index (κ3) is 2.50. The maximum Gasteiger partial charge on any atom is 0.203 e. The number of nitrogens with zero attached hydrogens (tertiary/aromatic N) is 4. The predicted octanol–water partition coefficient (Wildman–Crippen LogP) is 2.10. The number of hydrogen-bond donors (Lipinski definition) is 1. The van der Waals surface area contributed by atoms with Crippen molar-refractivity contribution in [1.29, 1.82) is 0 Å². The highest BCUT2D eigenvalue weighted by atomic mass is 16.3. The fourth-order valence-corrected chi connectivity index (χ4v) is 3.08. The van der Waals surface area contributed by atoms with Crippen molar-refractivity contribution in [3.63, 3.8) is 0 Å². The van der Waals surface area contributed by atoms with E-state index >= 15 is 0 Å². The second-order valence-electron chi connectivity index (χ2n) is 6.00. The molecule has 2 aromatic heterocycles. The van der Waals surface area contributed by atoms with Gasteiger partial charge in [0.05, 0.1) is 0 Å². The van der Waals surface area contributed by atoms with Crippen molar-refractivity contribution in [2.24, 2.45) is 5.92 Å². The van der Waals surface area contributed by atoms with Crippen molar-refractivity contribution in [3.8, 4) is 5.75 Å². The van der Waals surface area contributed by atoms with Gasteiger partial charge in [0.15, 0.2) is 5.75 Å². The molecule has 1 aliphatic heterocycles. The summed E-state index contributed by atoms with van der Waals surface area (Å²) in [6.45, 7) is 6.85. The first-order chi connectivity index (χ1) is 9.65. The number of aromatic nitrogens is 3. The van der Waals surface area contributed by atoms with E-state index in [-0.39, 0.29) is 5.75 Å². The fourth-order valence-electron chi connectivity index (χ4n) is 3.08. The molecule has 5 nitrogen and oxygen atoms in total. The molecule has 0 spiro atoms. The molecule has 20 heavy (non-hydrogen) atoms. The van der Waals surface area contributed by atoms with Crippen LogP contribution in [0.3, 0.4) is 0 Å². The number of hydrogen-bond acceptors (Lipinski definition) is 4. The second kappa shape index (κ2) is 5.40. The van der Waals surface area contributed by atoms with Crippen molar-refractivity contribution >= 4 is 5.65 Å². The average Bonchev–Trinajstić information content (AvgIpc) is 2.84. The Kier molecular flexibility index (Phi) is 3.61. The van der Waals surface area contributed by atoms with E-state index in [1.54, 1.807) is 6.07 Å². The molecule has 0 bridgehead atoms. The molecule has 0 amide bonds. The van der Waals surface area contributed by atoms with Gasteiger partial charge in [-0.25, -0.2) is 0 Å². The van der Waals surface area contributed by atoms with Gasteiger partial charge in [0.1, 0.15) is 5.82 Å². The van der Waals surface area contributed by atoms with E-state index < -0.39 is 0 Å². The highest BCUT2D eigenvalue weighted by Crippen LogP contribution is 2.23. The molecule has 1 fully saturated rings. The van der Waals surface area contributed by atoms with Gasteiger partial charge in [-0.2, -0.15) is 0 Å². The zero-order valence-electron chi connectivity index (χ0n) is 12.2. The van der Waals surface area contributed by atoms with Crippen LogP contribution in [-0.2, 0) is 6.42 Å². The second-order valence-corrected chi connectivity index (χ2v) is 6.00. The van der Waals surface area contributed by atoms with Gasteiger partial charge in [-0.3, -0.25) is 4.40 Å². The largest absolute Gasteiger partial charge is 0.504 e. The minimum absolute atomic E-state index is 0.193. The zero-order chi connectivity index (χ0) is 14.1. The van der Waals surface area contributed by atoms with E-state index in [1.165, 1.54) is 19.4 Å². The Morgan fingerprint density at radius 1 is 1.40 bits per heavy atom. The van der Waals surface area contributed by atoms with Crippen molar-refractivity contribution in [2.45, 2.75) is 39.2 Å². The highest BCUT2D eigenvalue weighted by molar-refractivity contribution is 5.51. The maximum atomic E-state index is 9.77. The number of fused-ring (bicyclic) bond motifs is 1. The summed E-state index contributed by atoms with van der Waals surface area (Å²) in [5, 5.41) is 18.1. The lowest BCUT2D eigenvalue weighted by molar-refractivity contribution is 0.138. The van der Waals surface area contributed by atoms with Crippen molar-refractivity contribution in [3.05, 3.63) is 24.2 Å². The summed E-state index contributed by atoms with van der Waals surface area (Å²) >= 11 is 0. The van der Waals surface area contributed by atoms with Gasteiger partial charge in [-0.15, -0.1) is 10.2 Å². The Labute approximate surface area is 119 Å². The predicted molar refractivity (Wildman–Crippen MR) is 77.8 cm³/mol. The van der Waals surface area contributed by atoms with E-state index in [2.05, 4.69) is 28.9 Å². The van der Waals surface area contributed by atoms with E-state index in [0.29, 0.717) is 17.6 Å². The minimum atomic E-state index is 0.193. The Morgan fingerprint density at radius 3 is 3.05 bits per heavy atom. The molecule has 0 radical (unpaired) electrons. The number of likely N-dealkylation sites (tertiary alicyclic amines) is 1. The standard InChI is InChI=1S/C15H22N4O/c1-11(2)18-7-3-5-12(10-18)9-14-16-17-15-13(20)6-4-8-19(14)15/h4,6,8,11-12,20H,3,5,7,9-10H2,1-2H3. The van der Waals surface area contributed by atoms with Gasteiger partial charge in [0.2, 0.25) is 5.65 Å². The average molecular weight is 274 g/mol. The topological polar surface area (TPSA) is 53.7 Å². The monoisotopic (exact) mass is 274 g/mol.